The summed E-state index contributed by atoms with van der Waals surface area (Å²) in [5.74, 6) is -1.39. The van der Waals surface area contributed by atoms with Gasteiger partial charge in [0.15, 0.2) is 0 Å². The van der Waals surface area contributed by atoms with Crippen LogP contribution >= 0.6 is 11.6 Å². The predicted molar refractivity (Wildman–Crippen MR) is 69.6 cm³/mol. The van der Waals surface area contributed by atoms with Crippen molar-refractivity contribution in [2.24, 2.45) is 0 Å². The molecule has 2 rings (SSSR count). The van der Waals surface area contributed by atoms with Gasteiger partial charge in [0.05, 0.1) is 16.3 Å². The quantitative estimate of drug-likeness (QED) is 0.619. The Morgan fingerprint density at radius 3 is 2.62 bits per heavy atom. The summed E-state index contributed by atoms with van der Waals surface area (Å²) in [5.41, 5.74) is 0.522. The second-order valence-corrected chi connectivity index (χ2v) is 4.85. The minimum atomic E-state index is -4.38. The lowest BCUT2D eigenvalue weighted by atomic mass is 10.1. The molecule has 0 aliphatic carbocycles. The number of Topliss-reactive ketones (excluding diaryl/α,β-unsaturated/α-hetero) is 1. The third kappa shape index (κ3) is 3.54. The van der Waals surface area contributed by atoms with E-state index in [0.29, 0.717) is 5.69 Å². The molecule has 8 heteroatoms. The van der Waals surface area contributed by atoms with Gasteiger partial charge >= 0.3 is 6.18 Å². The summed E-state index contributed by atoms with van der Waals surface area (Å²) in [4.78, 5) is 24.8. The molecule has 1 amide bonds. The first-order valence-electron chi connectivity index (χ1n) is 6.10. The maximum atomic E-state index is 11.9. The van der Waals surface area contributed by atoms with Crippen molar-refractivity contribution in [1.29, 1.82) is 0 Å². The number of hydrogen-bond donors (Lipinski definition) is 0. The summed E-state index contributed by atoms with van der Waals surface area (Å²) in [5, 5.41) is 0.253. The number of hydrogen-bond acceptors (Lipinski definition) is 3. The Labute approximate surface area is 123 Å². The third-order valence-electron chi connectivity index (χ3n) is 2.88. The molecule has 21 heavy (non-hydrogen) atoms. The SMILES string of the molecule is O=C1C(=O)N(CCCOCC(F)(F)F)c2c(Cl)cccc21. The van der Waals surface area contributed by atoms with Gasteiger partial charge in [-0.15, -0.1) is 0 Å². The van der Waals surface area contributed by atoms with Gasteiger partial charge in [-0.2, -0.15) is 13.2 Å². The van der Waals surface area contributed by atoms with Gasteiger partial charge < -0.3 is 9.64 Å². The number of anilines is 1. The van der Waals surface area contributed by atoms with Crippen LogP contribution in [0.2, 0.25) is 5.02 Å². The molecule has 0 spiro atoms. The number of nitrogens with zero attached hydrogens (tertiary/aromatic N) is 1. The number of halogens is 4. The highest BCUT2D eigenvalue weighted by Crippen LogP contribution is 2.35. The molecule has 0 N–H and O–H groups in total. The van der Waals surface area contributed by atoms with Crippen LogP contribution in [-0.4, -0.2) is 37.6 Å². The fourth-order valence-corrected chi connectivity index (χ4v) is 2.31. The van der Waals surface area contributed by atoms with E-state index in [1.807, 2.05) is 0 Å². The molecule has 1 aliphatic rings. The molecule has 0 saturated heterocycles. The summed E-state index contributed by atoms with van der Waals surface area (Å²) in [6.07, 6.45) is -4.21. The molecule has 1 aromatic carbocycles. The number of para-hydroxylation sites is 1. The van der Waals surface area contributed by atoms with Gasteiger partial charge in [-0.05, 0) is 18.6 Å². The average Bonchev–Trinajstić information content (AvgIpc) is 2.63. The van der Waals surface area contributed by atoms with Crippen molar-refractivity contribution >= 4 is 29.0 Å². The van der Waals surface area contributed by atoms with Gasteiger partial charge in [-0.1, -0.05) is 17.7 Å². The molecule has 0 unspecified atom stereocenters. The zero-order chi connectivity index (χ0) is 15.6. The zero-order valence-corrected chi connectivity index (χ0v) is 11.5. The van der Waals surface area contributed by atoms with Gasteiger partial charge in [0.2, 0.25) is 0 Å². The van der Waals surface area contributed by atoms with Crippen LogP contribution in [0.25, 0.3) is 0 Å². The molecule has 1 heterocycles. The van der Waals surface area contributed by atoms with Crippen LogP contribution in [-0.2, 0) is 9.53 Å². The topological polar surface area (TPSA) is 46.6 Å². The Hall–Kier alpha value is -1.60. The largest absolute Gasteiger partial charge is 0.411 e. The number of carbonyl (C=O) groups is 2. The maximum Gasteiger partial charge on any atom is 0.411 e. The normalized spacial score (nSPS) is 14.8. The number of benzene rings is 1. The number of carbonyl (C=O) groups excluding carboxylic acids is 2. The Morgan fingerprint density at radius 1 is 1.24 bits per heavy atom. The smallest absolute Gasteiger partial charge is 0.372 e. The minimum absolute atomic E-state index is 0.0686. The van der Waals surface area contributed by atoms with Gasteiger partial charge in [0.1, 0.15) is 6.61 Å². The van der Waals surface area contributed by atoms with Gasteiger partial charge in [-0.25, -0.2) is 0 Å². The van der Waals surface area contributed by atoms with Crippen LogP contribution in [0, 0.1) is 0 Å². The number of ether oxygens (including phenoxy) is 1. The molecule has 0 saturated carbocycles. The zero-order valence-electron chi connectivity index (χ0n) is 10.7. The number of alkyl halides is 3. The van der Waals surface area contributed by atoms with Crippen LogP contribution in [0.15, 0.2) is 18.2 Å². The van der Waals surface area contributed by atoms with Crippen LogP contribution in [0.5, 0.6) is 0 Å². The first kappa shape index (κ1) is 15.8. The second-order valence-electron chi connectivity index (χ2n) is 4.44. The van der Waals surface area contributed by atoms with Crippen molar-refractivity contribution in [2.75, 3.05) is 24.7 Å². The summed E-state index contributed by atoms with van der Waals surface area (Å²) < 4.78 is 40.1. The fraction of sp³-hybridized carbons (Fsp3) is 0.385. The van der Waals surface area contributed by atoms with Crippen LogP contribution in [0.1, 0.15) is 16.8 Å². The van der Waals surface area contributed by atoms with Crippen molar-refractivity contribution in [2.45, 2.75) is 12.6 Å². The Kier molecular flexibility index (Phi) is 4.53. The van der Waals surface area contributed by atoms with Crippen LogP contribution in [0.4, 0.5) is 18.9 Å². The van der Waals surface area contributed by atoms with Crippen molar-refractivity contribution in [3.05, 3.63) is 28.8 Å². The molecule has 0 radical (unpaired) electrons. The minimum Gasteiger partial charge on any atom is -0.372 e. The van der Waals surface area contributed by atoms with E-state index in [-0.39, 0.29) is 30.2 Å². The van der Waals surface area contributed by atoms with Gasteiger partial charge in [0.25, 0.3) is 11.7 Å². The fourth-order valence-electron chi connectivity index (χ4n) is 2.04. The lowest BCUT2D eigenvalue weighted by molar-refractivity contribution is -0.173. The van der Waals surface area contributed by atoms with E-state index in [1.54, 1.807) is 12.1 Å². The van der Waals surface area contributed by atoms with Crippen molar-refractivity contribution in [1.82, 2.24) is 0 Å². The highest BCUT2D eigenvalue weighted by atomic mass is 35.5. The highest BCUT2D eigenvalue weighted by molar-refractivity contribution is 6.54. The maximum absolute atomic E-state index is 11.9. The lowest BCUT2D eigenvalue weighted by Gasteiger charge is -2.17. The van der Waals surface area contributed by atoms with Crippen molar-refractivity contribution in [3.63, 3.8) is 0 Å². The van der Waals surface area contributed by atoms with Crippen LogP contribution < -0.4 is 4.90 Å². The molecule has 0 bridgehead atoms. The van der Waals surface area contributed by atoms with E-state index in [0.717, 1.165) is 0 Å². The Morgan fingerprint density at radius 2 is 1.95 bits per heavy atom. The van der Waals surface area contributed by atoms with E-state index in [4.69, 9.17) is 11.6 Å². The monoisotopic (exact) mass is 321 g/mol. The summed E-state index contributed by atoms with van der Waals surface area (Å²) in [7, 11) is 0. The van der Waals surface area contributed by atoms with Gasteiger partial charge in [0, 0.05) is 13.2 Å². The number of amides is 1. The molecule has 4 nitrogen and oxygen atoms in total. The molecule has 0 fully saturated rings. The summed E-state index contributed by atoms with van der Waals surface area (Å²) in [6.45, 7) is -1.44. The molecular formula is C13H11ClF3NO3. The predicted octanol–water partition coefficient (Wildman–Crippen LogP) is 2.84. The van der Waals surface area contributed by atoms with E-state index < -0.39 is 24.5 Å². The Bertz CT molecular complexity index is 574. The van der Waals surface area contributed by atoms with Gasteiger partial charge in [-0.3, -0.25) is 9.59 Å². The first-order chi connectivity index (χ1) is 9.81. The molecule has 114 valence electrons. The third-order valence-corrected chi connectivity index (χ3v) is 3.18. The standard InChI is InChI=1S/C13H11ClF3NO3/c14-9-4-1-3-8-10(9)18(12(20)11(8)19)5-2-6-21-7-13(15,16)17/h1,3-4H,2,5-7H2. The molecule has 1 aliphatic heterocycles. The van der Waals surface area contributed by atoms with Crippen molar-refractivity contribution < 1.29 is 27.5 Å². The lowest BCUT2D eigenvalue weighted by Crippen LogP contribution is -2.31. The number of fused-ring (bicyclic) bond motifs is 1. The average molecular weight is 322 g/mol. The molecule has 1 aromatic rings. The van der Waals surface area contributed by atoms with E-state index in [1.165, 1.54) is 11.0 Å². The molecular weight excluding hydrogens is 311 g/mol. The Balaban J connectivity index is 1.96. The summed E-state index contributed by atoms with van der Waals surface area (Å²) in [6, 6.07) is 4.59. The highest BCUT2D eigenvalue weighted by Gasteiger charge is 2.36. The number of ketones is 1. The van der Waals surface area contributed by atoms with E-state index >= 15 is 0 Å². The molecule has 0 aromatic heterocycles. The van der Waals surface area contributed by atoms with E-state index in [2.05, 4.69) is 4.74 Å². The summed E-state index contributed by atoms with van der Waals surface area (Å²) >= 11 is 5.97. The van der Waals surface area contributed by atoms with Crippen LogP contribution in [0.3, 0.4) is 0 Å². The van der Waals surface area contributed by atoms with Crippen molar-refractivity contribution in [3.8, 4) is 0 Å². The first-order valence-corrected chi connectivity index (χ1v) is 6.48. The van der Waals surface area contributed by atoms with E-state index in [9.17, 15) is 22.8 Å². The number of rotatable bonds is 5. The molecule has 0 atom stereocenters. The second kappa shape index (κ2) is 6.03.